The molecular formula is C19H18ClF2N5O5S. The highest BCUT2D eigenvalue weighted by Crippen LogP contribution is 2.32. The highest BCUT2D eigenvalue weighted by Gasteiger charge is 2.46. The maximum atomic E-state index is 12.7. The maximum absolute atomic E-state index is 12.7. The van der Waals surface area contributed by atoms with E-state index < -0.39 is 34.3 Å². The third-order valence-corrected chi connectivity index (χ3v) is 7.15. The number of nitrogens with zero attached hydrogens (tertiary/aromatic N) is 4. The minimum atomic E-state index is -3.14. The quantitative estimate of drug-likeness (QED) is 0.523. The number of hydrogen-bond acceptors (Lipinski definition) is 8. The van der Waals surface area contributed by atoms with Crippen LogP contribution >= 0.6 is 11.6 Å². The van der Waals surface area contributed by atoms with Crippen LogP contribution in [0.2, 0.25) is 5.02 Å². The van der Waals surface area contributed by atoms with Gasteiger partial charge in [0.15, 0.2) is 21.4 Å². The molecule has 3 aromatic rings. The summed E-state index contributed by atoms with van der Waals surface area (Å²) < 4.78 is 60.1. The van der Waals surface area contributed by atoms with E-state index in [-0.39, 0.29) is 39.9 Å². The van der Waals surface area contributed by atoms with Crippen molar-refractivity contribution in [2.24, 2.45) is 7.05 Å². The monoisotopic (exact) mass is 501 g/mol. The average Bonchev–Trinajstić information content (AvgIpc) is 3.02. The normalized spacial score (nSPS) is 16.4. The van der Waals surface area contributed by atoms with Crippen molar-refractivity contribution in [2.75, 3.05) is 18.1 Å². The number of fused-ring (bicyclic) bond motifs is 1. The smallest absolute Gasteiger partial charge is 0.287 e. The Morgan fingerprint density at radius 3 is 2.70 bits per heavy atom. The lowest BCUT2D eigenvalue weighted by atomic mass is 10.1. The molecule has 0 aliphatic carbocycles. The zero-order valence-electron chi connectivity index (χ0n) is 17.4. The largest absolute Gasteiger partial charge is 0.482 e. The second-order valence-corrected chi connectivity index (χ2v) is 10.3. The van der Waals surface area contributed by atoms with E-state index in [1.165, 1.54) is 29.1 Å². The van der Waals surface area contributed by atoms with E-state index in [0.717, 1.165) is 0 Å². The maximum Gasteiger partial charge on any atom is 0.287 e. The topological polar surface area (TPSA) is 125 Å². The number of carbonyl (C=O) groups is 1. The summed E-state index contributed by atoms with van der Waals surface area (Å²) in [5, 5.41) is 2.87. The van der Waals surface area contributed by atoms with Crippen LogP contribution in [0.25, 0.3) is 11.0 Å². The molecule has 1 fully saturated rings. The van der Waals surface area contributed by atoms with Gasteiger partial charge in [0.2, 0.25) is 5.88 Å². The number of aryl methyl sites for hydroxylation is 1. The predicted octanol–water partition coefficient (Wildman–Crippen LogP) is 2.37. The molecule has 0 saturated carbocycles. The van der Waals surface area contributed by atoms with Crippen LogP contribution in [0.5, 0.6) is 17.5 Å². The van der Waals surface area contributed by atoms with E-state index in [0.29, 0.717) is 11.0 Å². The molecule has 0 spiro atoms. The first-order valence-electron chi connectivity index (χ1n) is 9.54. The molecule has 33 heavy (non-hydrogen) atoms. The van der Waals surface area contributed by atoms with Crippen molar-refractivity contribution in [2.45, 2.75) is 18.9 Å². The number of imidazole rings is 1. The van der Waals surface area contributed by atoms with Gasteiger partial charge in [0.05, 0.1) is 33.8 Å². The number of halogens is 3. The van der Waals surface area contributed by atoms with Gasteiger partial charge in [-0.05, 0) is 6.92 Å². The number of alkyl halides is 2. The summed E-state index contributed by atoms with van der Waals surface area (Å²) in [4.78, 5) is 25.0. The SMILES string of the molecule is Cn1c(C(=O)NC2(C)CS(=O)(=O)C2)nc2cnc(Oc3ncc(Cl)cc3OCC(F)F)cc21. The molecule has 0 radical (unpaired) electrons. The van der Waals surface area contributed by atoms with E-state index in [2.05, 4.69) is 20.3 Å². The molecule has 0 bridgehead atoms. The van der Waals surface area contributed by atoms with Gasteiger partial charge in [0, 0.05) is 25.4 Å². The van der Waals surface area contributed by atoms with Crippen LogP contribution in [0.4, 0.5) is 8.78 Å². The van der Waals surface area contributed by atoms with E-state index in [1.807, 2.05) is 0 Å². The van der Waals surface area contributed by atoms with Crippen molar-refractivity contribution in [3.63, 3.8) is 0 Å². The fourth-order valence-electron chi connectivity index (χ4n) is 3.51. The highest BCUT2D eigenvalue weighted by molar-refractivity contribution is 7.93. The second-order valence-electron chi connectivity index (χ2n) is 7.81. The minimum absolute atomic E-state index is 0.0474. The van der Waals surface area contributed by atoms with E-state index in [9.17, 15) is 22.0 Å². The Labute approximate surface area is 191 Å². The van der Waals surface area contributed by atoms with Crippen LogP contribution in [0, 0.1) is 0 Å². The summed E-state index contributed by atoms with van der Waals surface area (Å²) in [6, 6.07) is 2.78. The lowest BCUT2D eigenvalue weighted by molar-refractivity contribution is 0.0803. The molecule has 4 rings (SSSR count). The molecule has 10 nitrogen and oxygen atoms in total. The number of aromatic nitrogens is 4. The first-order valence-corrected chi connectivity index (χ1v) is 11.7. The first kappa shape index (κ1) is 23.1. The molecule has 1 amide bonds. The minimum Gasteiger partial charge on any atom is -0.482 e. The number of pyridine rings is 2. The fraction of sp³-hybridized carbons (Fsp3) is 0.368. The van der Waals surface area contributed by atoms with Gasteiger partial charge in [-0.1, -0.05) is 11.6 Å². The van der Waals surface area contributed by atoms with Gasteiger partial charge in [0.1, 0.15) is 12.1 Å². The number of rotatable bonds is 7. The Hall–Kier alpha value is -3.06. The standard InChI is InChI=1S/C19H18ClF2N5O5S/c1-19(8-33(29,30)9-19)26-17(28)16-25-11-6-23-15(4-12(11)27(16)2)32-18-13(31-7-14(21)22)3-10(20)5-24-18/h3-6,14H,7-9H2,1-2H3,(H,26,28). The zero-order chi connectivity index (χ0) is 24.0. The van der Waals surface area contributed by atoms with Crippen molar-refractivity contribution in [1.29, 1.82) is 0 Å². The van der Waals surface area contributed by atoms with Gasteiger partial charge >= 0.3 is 0 Å². The molecule has 4 heterocycles. The van der Waals surface area contributed by atoms with Crippen molar-refractivity contribution in [3.8, 4) is 17.5 Å². The second kappa shape index (κ2) is 8.37. The molecule has 14 heteroatoms. The summed E-state index contributed by atoms with van der Waals surface area (Å²) in [6.07, 6.45) is -0.0713. The van der Waals surface area contributed by atoms with Crippen LogP contribution in [0.15, 0.2) is 24.5 Å². The summed E-state index contributed by atoms with van der Waals surface area (Å²) in [5.41, 5.74) is 0.0234. The molecule has 0 unspecified atom stereocenters. The molecule has 176 valence electrons. The summed E-state index contributed by atoms with van der Waals surface area (Å²) in [5.74, 6) is -0.912. The Kier molecular flexibility index (Phi) is 5.86. The van der Waals surface area contributed by atoms with Crippen molar-refractivity contribution in [1.82, 2.24) is 24.8 Å². The zero-order valence-corrected chi connectivity index (χ0v) is 19.0. The van der Waals surface area contributed by atoms with Crippen LogP contribution < -0.4 is 14.8 Å². The third-order valence-electron chi connectivity index (χ3n) is 4.79. The summed E-state index contributed by atoms with van der Waals surface area (Å²) in [7, 11) is -1.53. The molecule has 1 saturated heterocycles. The van der Waals surface area contributed by atoms with Crippen molar-refractivity contribution in [3.05, 3.63) is 35.4 Å². The molecule has 1 aliphatic rings. The van der Waals surface area contributed by atoms with E-state index in [1.54, 1.807) is 14.0 Å². The summed E-state index contributed by atoms with van der Waals surface area (Å²) >= 11 is 5.86. The van der Waals surface area contributed by atoms with Gasteiger partial charge in [-0.2, -0.15) is 0 Å². The molecule has 1 N–H and O–H groups in total. The van der Waals surface area contributed by atoms with Gasteiger partial charge in [0.25, 0.3) is 18.2 Å². The number of ether oxygens (including phenoxy) is 2. The van der Waals surface area contributed by atoms with Gasteiger partial charge < -0.3 is 19.4 Å². The first-order chi connectivity index (χ1) is 15.4. The van der Waals surface area contributed by atoms with Crippen LogP contribution in [0.1, 0.15) is 17.5 Å². The van der Waals surface area contributed by atoms with E-state index >= 15 is 0 Å². The summed E-state index contributed by atoms with van der Waals surface area (Å²) in [6.45, 7) is 0.778. The number of hydrogen-bond donors (Lipinski definition) is 1. The molecular weight excluding hydrogens is 484 g/mol. The van der Waals surface area contributed by atoms with Crippen molar-refractivity contribution >= 4 is 38.4 Å². The Balaban J connectivity index is 1.57. The Morgan fingerprint density at radius 2 is 2.03 bits per heavy atom. The third kappa shape index (κ3) is 4.98. The molecule has 1 aliphatic heterocycles. The lowest BCUT2D eigenvalue weighted by Crippen LogP contribution is -2.63. The Morgan fingerprint density at radius 1 is 1.30 bits per heavy atom. The van der Waals surface area contributed by atoms with Gasteiger partial charge in [-0.15, -0.1) is 0 Å². The average molecular weight is 502 g/mol. The Bertz CT molecular complexity index is 1340. The highest BCUT2D eigenvalue weighted by atomic mass is 35.5. The lowest BCUT2D eigenvalue weighted by Gasteiger charge is -2.38. The number of carbonyl (C=O) groups excluding carboxylic acids is 1. The predicted molar refractivity (Wildman–Crippen MR) is 114 cm³/mol. The van der Waals surface area contributed by atoms with Gasteiger partial charge in [-0.25, -0.2) is 32.2 Å². The van der Waals surface area contributed by atoms with Gasteiger partial charge in [-0.3, -0.25) is 4.79 Å². The molecule has 0 aromatic carbocycles. The number of sulfone groups is 1. The molecule has 0 atom stereocenters. The molecule has 3 aromatic heterocycles. The number of amides is 1. The van der Waals surface area contributed by atoms with Crippen LogP contribution in [-0.4, -0.2) is 63.9 Å². The van der Waals surface area contributed by atoms with Crippen LogP contribution in [0.3, 0.4) is 0 Å². The van der Waals surface area contributed by atoms with E-state index in [4.69, 9.17) is 21.1 Å². The van der Waals surface area contributed by atoms with Crippen molar-refractivity contribution < 1.29 is 31.5 Å². The number of nitrogens with one attached hydrogen (secondary N) is 1. The van der Waals surface area contributed by atoms with Crippen LogP contribution in [-0.2, 0) is 16.9 Å². The fourth-order valence-corrected chi connectivity index (χ4v) is 5.66.